The second-order valence-electron chi connectivity index (χ2n) is 4.58. The smallest absolute Gasteiger partial charge is 0.313 e. The SMILES string of the molecule is CCc1cc2c(C)ccc(C)c2nc1SCC(=O)O. The number of rotatable bonds is 4. The molecule has 0 fully saturated rings. The monoisotopic (exact) mass is 275 g/mol. The molecule has 100 valence electrons. The fraction of sp³-hybridized carbons (Fsp3) is 0.333. The number of benzene rings is 1. The molecule has 0 saturated heterocycles. The highest BCUT2D eigenvalue weighted by Crippen LogP contribution is 2.28. The largest absolute Gasteiger partial charge is 0.481 e. The maximum atomic E-state index is 10.7. The van der Waals surface area contributed by atoms with E-state index in [1.807, 2.05) is 6.92 Å². The van der Waals surface area contributed by atoms with Gasteiger partial charge in [0, 0.05) is 5.39 Å². The third-order valence-electron chi connectivity index (χ3n) is 3.16. The molecule has 0 atom stereocenters. The van der Waals surface area contributed by atoms with Crippen LogP contribution in [0.4, 0.5) is 0 Å². The van der Waals surface area contributed by atoms with Crippen molar-refractivity contribution in [3.8, 4) is 0 Å². The molecule has 1 aromatic heterocycles. The average Bonchev–Trinajstić information content (AvgIpc) is 2.39. The molecule has 4 heteroatoms. The van der Waals surface area contributed by atoms with Crippen LogP contribution in [0.5, 0.6) is 0 Å². The van der Waals surface area contributed by atoms with Crippen molar-refractivity contribution in [2.45, 2.75) is 32.2 Å². The van der Waals surface area contributed by atoms with Crippen molar-refractivity contribution < 1.29 is 9.90 Å². The highest BCUT2D eigenvalue weighted by molar-refractivity contribution is 7.99. The number of carboxylic acid groups (broad SMARTS) is 1. The molecule has 0 amide bonds. The number of fused-ring (bicyclic) bond motifs is 1. The summed E-state index contributed by atoms with van der Waals surface area (Å²) < 4.78 is 0. The van der Waals surface area contributed by atoms with Crippen LogP contribution in [-0.2, 0) is 11.2 Å². The van der Waals surface area contributed by atoms with Crippen molar-refractivity contribution >= 4 is 28.6 Å². The van der Waals surface area contributed by atoms with Crippen molar-refractivity contribution in [2.24, 2.45) is 0 Å². The predicted octanol–water partition coefficient (Wildman–Crippen LogP) is 3.59. The van der Waals surface area contributed by atoms with Crippen molar-refractivity contribution in [1.29, 1.82) is 0 Å². The summed E-state index contributed by atoms with van der Waals surface area (Å²) in [6.45, 7) is 6.18. The molecular weight excluding hydrogens is 258 g/mol. The number of thioether (sulfide) groups is 1. The Hall–Kier alpha value is -1.55. The molecule has 1 heterocycles. The van der Waals surface area contributed by atoms with Gasteiger partial charge in [0.15, 0.2) is 0 Å². The van der Waals surface area contributed by atoms with Gasteiger partial charge in [0.05, 0.1) is 11.3 Å². The van der Waals surface area contributed by atoms with E-state index in [0.29, 0.717) is 0 Å². The van der Waals surface area contributed by atoms with Crippen LogP contribution in [0.3, 0.4) is 0 Å². The van der Waals surface area contributed by atoms with E-state index in [1.165, 1.54) is 17.3 Å². The molecule has 0 bridgehead atoms. The molecule has 19 heavy (non-hydrogen) atoms. The van der Waals surface area contributed by atoms with Crippen molar-refractivity contribution in [3.63, 3.8) is 0 Å². The number of aryl methyl sites for hydroxylation is 3. The summed E-state index contributed by atoms with van der Waals surface area (Å²) >= 11 is 1.30. The molecule has 1 N–H and O–H groups in total. The lowest BCUT2D eigenvalue weighted by Crippen LogP contribution is -2.01. The molecule has 0 aliphatic heterocycles. The summed E-state index contributed by atoms with van der Waals surface area (Å²) in [5, 5.41) is 10.8. The van der Waals surface area contributed by atoms with Crippen LogP contribution in [0.2, 0.25) is 0 Å². The van der Waals surface area contributed by atoms with Crippen LogP contribution in [-0.4, -0.2) is 21.8 Å². The Kier molecular flexibility index (Phi) is 4.10. The minimum absolute atomic E-state index is 0.0520. The zero-order chi connectivity index (χ0) is 14.0. The maximum Gasteiger partial charge on any atom is 0.313 e. The summed E-state index contributed by atoms with van der Waals surface area (Å²) in [6.07, 6.45) is 0.859. The lowest BCUT2D eigenvalue weighted by Gasteiger charge is -2.11. The van der Waals surface area contributed by atoms with Crippen LogP contribution in [0, 0.1) is 13.8 Å². The lowest BCUT2D eigenvalue weighted by atomic mass is 10.0. The van der Waals surface area contributed by atoms with Crippen LogP contribution < -0.4 is 0 Å². The Morgan fingerprint density at radius 2 is 2.00 bits per heavy atom. The van der Waals surface area contributed by atoms with E-state index in [4.69, 9.17) is 5.11 Å². The average molecular weight is 275 g/mol. The Bertz CT molecular complexity index is 638. The maximum absolute atomic E-state index is 10.7. The summed E-state index contributed by atoms with van der Waals surface area (Å²) in [4.78, 5) is 15.4. The number of hydrogen-bond donors (Lipinski definition) is 1. The molecule has 0 aliphatic rings. The van der Waals surface area contributed by atoms with Gasteiger partial charge >= 0.3 is 5.97 Å². The Labute approximate surface area is 117 Å². The van der Waals surface area contributed by atoms with Crippen molar-refractivity contribution in [3.05, 3.63) is 34.9 Å². The van der Waals surface area contributed by atoms with Gasteiger partial charge in [-0.3, -0.25) is 4.79 Å². The van der Waals surface area contributed by atoms with E-state index >= 15 is 0 Å². The highest BCUT2D eigenvalue weighted by atomic mass is 32.2. The summed E-state index contributed by atoms with van der Waals surface area (Å²) in [7, 11) is 0. The van der Waals surface area contributed by atoms with E-state index in [9.17, 15) is 4.79 Å². The molecule has 0 spiro atoms. The van der Waals surface area contributed by atoms with Crippen LogP contribution in [0.25, 0.3) is 10.9 Å². The van der Waals surface area contributed by atoms with Gasteiger partial charge in [-0.1, -0.05) is 30.8 Å². The quantitative estimate of drug-likeness (QED) is 0.866. The normalized spacial score (nSPS) is 10.9. The zero-order valence-corrected chi connectivity index (χ0v) is 12.2. The first kappa shape index (κ1) is 13.9. The fourth-order valence-corrected chi connectivity index (χ4v) is 2.87. The van der Waals surface area contributed by atoms with Gasteiger partial charge in [-0.15, -0.1) is 0 Å². The first-order chi connectivity index (χ1) is 9.02. The fourth-order valence-electron chi connectivity index (χ4n) is 2.07. The number of carbonyl (C=O) groups is 1. The first-order valence-electron chi connectivity index (χ1n) is 6.27. The van der Waals surface area contributed by atoms with Crippen molar-refractivity contribution in [2.75, 3.05) is 5.75 Å². The molecule has 0 unspecified atom stereocenters. The molecule has 1 aromatic carbocycles. The van der Waals surface area contributed by atoms with Gasteiger partial charge in [0.2, 0.25) is 0 Å². The number of nitrogens with zero attached hydrogens (tertiary/aromatic N) is 1. The third kappa shape index (κ3) is 2.89. The summed E-state index contributed by atoms with van der Waals surface area (Å²) in [5.74, 6) is -0.758. The van der Waals surface area contributed by atoms with E-state index < -0.39 is 5.97 Å². The number of hydrogen-bond acceptors (Lipinski definition) is 3. The van der Waals surface area contributed by atoms with Gasteiger partial charge in [-0.05, 0) is 43.0 Å². The van der Waals surface area contributed by atoms with Gasteiger partial charge in [-0.25, -0.2) is 4.98 Å². The Morgan fingerprint density at radius 1 is 1.32 bits per heavy atom. The first-order valence-corrected chi connectivity index (χ1v) is 7.26. The molecule has 0 radical (unpaired) electrons. The third-order valence-corrected chi connectivity index (χ3v) is 4.17. The van der Waals surface area contributed by atoms with Crippen LogP contribution in [0.15, 0.2) is 23.2 Å². The summed E-state index contributed by atoms with van der Waals surface area (Å²) in [5.41, 5.74) is 4.43. The van der Waals surface area contributed by atoms with Gasteiger partial charge in [0.25, 0.3) is 0 Å². The van der Waals surface area contributed by atoms with E-state index in [-0.39, 0.29) is 5.75 Å². The van der Waals surface area contributed by atoms with E-state index in [1.54, 1.807) is 0 Å². The molecule has 0 aliphatic carbocycles. The number of carboxylic acids is 1. The molecule has 3 nitrogen and oxygen atoms in total. The highest BCUT2D eigenvalue weighted by Gasteiger charge is 2.11. The summed E-state index contributed by atoms with van der Waals surface area (Å²) in [6, 6.07) is 6.31. The number of aromatic nitrogens is 1. The van der Waals surface area contributed by atoms with Gasteiger partial charge in [-0.2, -0.15) is 0 Å². The van der Waals surface area contributed by atoms with E-state index in [0.717, 1.165) is 33.5 Å². The Morgan fingerprint density at radius 3 is 2.63 bits per heavy atom. The Balaban J connectivity index is 2.57. The molecule has 2 rings (SSSR count). The minimum atomic E-state index is -0.810. The number of pyridine rings is 1. The number of aliphatic carboxylic acids is 1. The predicted molar refractivity (Wildman–Crippen MR) is 79.0 cm³/mol. The zero-order valence-electron chi connectivity index (χ0n) is 11.4. The van der Waals surface area contributed by atoms with Crippen LogP contribution >= 0.6 is 11.8 Å². The second-order valence-corrected chi connectivity index (χ2v) is 5.55. The van der Waals surface area contributed by atoms with Gasteiger partial charge < -0.3 is 5.11 Å². The minimum Gasteiger partial charge on any atom is -0.481 e. The van der Waals surface area contributed by atoms with E-state index in [2.05, 4.69) is 37.0 Å². The lowest BCUT2D eigenvalue weighted by molar-refractivity contribution is -0.133. The second kappa shape index (κ2) is 5.61. The van der Waals surface area contributed by atoms with Gasteiger partial charge in [0.1, 0.15) is 5.03 Å². The molecule has 0 saturated carbocycles. The molecule has 2 aromatic rings. The van der Waals surface area contributed by atoms with Crippen molar-refractivity contribution in [1.82, 2.24) is 4.98 Å². The topological polar surface area (TPSA) is 50.2 Å². The van der Waals surface area contributed by atoms with Crippen LogP contribution in [0.1, 0.15) is 23.6 Å². The standard InChI is InChI=1S/C15H17NO2S/c1-4-11-7-12-9(2)5-6-10(3)14(12)16-15(11)19-8-13(17)18/h5-7H,4,8H2,1-3H3,(H,17,18). The molecular formula is C15H17NO2S.